The molecule has 0 bridgehead atoms. The Morgan fingerprint density at radius 2 is 2.33 bits per heavy atom. The lowest BCUT2D eigenvalue weighted by atomic mass is 10.1. The van der Waals surface area contributed by atoms with Gasteiger partial charge in [0, 0.05) is 22.7 Å². The SMILES string of the molecule is CC[C@H](O)c1c[nH]c2cc(C#N)ccc12. The van der Waals surface area contributed by atoms with Crippen LogP contribution in [0.5, 0.6) is 0 Å². The van der Waals surface area contributed by atoms with Gasteiger partial charge in [-0.2, -0.15) is 5.26 Å². The molecule has 0 unspecified atom stereocenters. The zero-order valence-electron chi connectivity index (χ0n) is 8.49. The topological polar surface area (TPSA) is 59.8 Å². The second-order valence-electron chi connectivity index (χ2n) is 3.54. The Bertz CT molecular complexity index is 522. The normalized spacial score (nSPS) is 12.6. The first-order valence-electron chi connectivity index (χ1n) is 4.95. The van der Waals surface area contributed by atoms with Gasteiger partial charge < -0.3 is 10.1 Å². The Morgan fingerprint density at radius 1 is 1.53 bits per heavy atom. The van der Waals surface area contributed by atoms with E-state index in [-0.39, 0.29) is 0 Å². The molecule has 76 valence electrons. The zero-order valence-corrected chi connectivity index (χ0v) is 8.49. The Kier molecular flexibility index (Phi) is 2.44. The van der Waals surface area contributed by atoms with E-state index in [1.807, 2.05) is 13.0 Å². The van der Waals surface area contributed by atoms with Gasteiger partial charge in [-0.15, -0.1) is 0 Å². The number of nitrogens with one attached hydrogen (secondary N) is 1. The van der Waals surface area contributed by atoms with Crippen molar-refractivity contribution in [3.05, 3.63) is 35.5 Å². The third-order valence-electron chi connectivity index (χ3n) is 2.59. The van der Waals surface area contributed by atoms with Gasteiger partial charge >= 0.3 is 0 Å². The van der Waals surface area contributed by atoms with Crippen molar-refractivity contribution >= 4 is 10.9 Å². The summed E-state index contributed by atoms with van der Waals surface area (Å²) in [5.41, 5.74) is 2.43. The Hall–Kier alpha value is -1.79. The van der Waals surface area contributed by atoms with Crippen LogP contribution in [0.2, 0.25) is 0 Å². The highest BCUT2D eigenvalue weighted by Crippen LogP contribution is 2.26. The highest BCUT2D eigenvalue weighted by Gasteiger charge is 2.10. The van der Waals surface area contributed by atoms with E-state index in [1.54, 1.807) is 18.3 Å². The summed E-state index contributed by atoms with van der Waals surface area (Å²) in [6, 6.07) is 7.52. The highest BCUT2D eigenvalue weighted by atomic mass is 16.3. The van der Waals surface area contributed by atoms with Crippen molar-refractivity contribution in [2.45, 2.75) is 19.4 Å². The molecule has 0 radical (unpaired) electrons. The Labute approximate surface area is 88.0 Å². The van der Waals surface area contributed by atoms with Crippen LogP contribution in [0.3, 0.4) is 0 Å². The van der Waals surface area contributed by atoms with Crippen LogP contribution in [0.1, 0.15) is 30.6 Å². The third kappa shape index (κ3) is 1.60. The second-order valence-corrected chi connectivity index (χ2v) is 3.54. The van der Waals surface area contributed by atoms with Crippen LogP contribution in [0.15, 0.2) is 24.4 Å². The summed E-state index contributed by atoms with van der Waals surface area (Å²) in [6.07, 6.45) is 2.05. The maximum atomic E-state index is 9.76. The number of nitriles is 1. The van der Waals surface area contributed by atoms with Gasteiger partial charge in [0.1, 0.15) is 0 Å². The number of aliphatic hydroxyl groups is 1. The van der Waals surface area contributed by atoms with Crippen molar-refractivity contribution in [3.8, 4) is 6.07 Å². The lowest BCUT2D eigenvalue weighted by Crippen LogP contribution is -1.92. The summed E-state index contributed by atoms with van der Waals surface area (Å²) in [5.74, 6) is 0. The molecule has 0 saturated carbocycles. The van der Waals surface area contributed by atoms with Gasteiger partial charge in [-0.1, -0.05) is 13.0 Å². The number of rotatable bonds is 2. The number of hydrogen-bond donors (Lipinski definition) is 2. The van der Waals surface area contributed by atoms with Gasteiger partial charge in [-0.05, 0) is 18.6 Å². The molecule has 1 aromatic heterocycles. The monoisotopic (exact) mass is 200 g/mol. The number of nitrogens with zero attached hydrogens (tertiary/aromatic N) is 1. The van der Waals surface area contributed by atoms with E-state index in [1.165, 1.54) is 0 Å². The minimum atomic E-state index is -0.438. The minimum absolute atomic E-state index is 0.438. The van der Waals surface area contributed by atoms with E-state index in [9.17, 15) is 5.11 Å². The van der Waals surface area contributed by atoms with Crippen LogP contribution in [0, 0.1) is 11.3 Å². The predicted octanol–water partition coefficient (Wildman–Crippen LogP) is 2.48. The molecule has 0 saturated heterocycles. The van der Waals surface area contributed by atoms with Crippen molar-refractivity contribution in [3.63, 3.8) is 0 Å². The number of aromatic nitrogens is 1. The highest BCUT2D eigenvalue weighted by molar-refractivity contribution is 5.84. The first-order chi connectivity index (χ1) is 7.26. The largest absolute Gasteiger partial charge is 0.388 e. The summed E-state index contributed by atoms with van der Waals surface area (Å²) >= 11 is 0. The average molecular weight is 200 g/mol. The number of H-pyrrole nitrogens is 1. The molecule has 0 aliphatic rings. The van der Waals surface area contributed by atoms with Crippen molar-refractivity contribution in [1.29, 1.82) is 5.26 Å². The van der Waals surface area contributed by atoms with Crippen LogP contribution in [-0.4, -0.2) is 10.1 Å². The molecule has 0 aliphatic carbocycles. The molecule has 0 spiro atoms. The molecule has 1 heterocycles. The van der Waals surface area contributed by atoms with Crippen molar-refractivity contribution in [1.82, 2.24) is 4.98 Å². The molecule has 1 atom stereocenters. The smallest absolute Gasteiger partial charge is 0.0992 e. The summed E-state index contributed by atoms with van der Waals surface area (Å²) in [7, 11) is 0. The van der Waals surface area contributed by atoms with Gasteiger partial charge in [-0.25, -0.2) is 0 Å². The van der Waals surface area contributed by atoms with Gasteiger partial charge in [-0.3, -0.25) is 0 Å². The lowest BCUT2D eigenvalue weighted by molar-refractivity contribution is 0.175. The summed E-state index contributed by atoms with van der Waals surface area (Å²) in [4.78, 5) is 3.07. The molecule has 3 heteroatoms. The molecule has 0 fully saturated rings. The van der Waals surface area contributed by atoms with Crippen molar-refractivity contribution in [2.24, 2.45) is 0 Å². The zero-order chi connectivity index (χ0) is 10.8. The first-order valence-corrected chi connectivity index (χ1v) is 4.95. The molecule has 0 amide bonds. The summed E-state index contributed by atoms with van der Waals surface area (Å²) in [6.45, 7) is 1.94. The van der Waals surface area contributed by atoms with E-state index >= 15 is 0 Å². The number of aliphatic hydroxyl groups excluding tert-OH is 1. The van der Waals surface area contributed by atoms with E-state index < -0.39 is 6.10 Å². The molecular formula is C12H12N2O. The third-order valence-corrected chi connectivity index (χ3v) is 2.59. The molecule has 1 aromatic carbocycles. The van der Waals surface area contributed by atoms with Crippen molar-refractivity contribution < 1.29 is 5.11 Å². The fourth-order valence-corrected chi connectivity index (χ4v) is 1.71. The van der Waals surface area contributed by atoms with E-state index in [4.69, 9.17) is 5.26 Å². The number of benzene rings is 1. The fraction of sp³-hybridized carbons (Fsp3) is 0.250. The van der Waals surface area contributed by atoms with Gasteiger partial charge in [0.25, 0.3) is 0 Å². The summed E-state index contributed by atoms with van der Waals surface area (Å²) in [5, 5.41) is 19.5. The van der Waals surface area contributed by atoms with Crippen LogP contribution in [0.4, 0.5) is 0 Å². The molecule has 2 rings (SSSR count). The molecule has 3 nitrogen and oxygen atoms in total. The first kappa shape index (κ1) is 9.75. The minimum Gasteiger partial charge on any atom is -0.388 e. The quantitative estimate of drug-likeness (QED) is 0.782. The van der Waals surface area contributed by atoms with Crippen LogP contribution < -0.4 is 0 Å². The number of hydrogen-bond acceptors (Lipinski definition) is 2. The van der Waals surface area contributed by atoms with Crippen molar-refractivity contribution in [2.75, 3.05) is 0 Å². The lowest BCUT2D eigenvalue weighted by Gasteiger charge is -2.05. The molecular weight excluding hydrogens is 188 g/mol. The maximum absolute atomic E-state index is 9.76. The van der Waals surface area contributed by atoms with E-state index in [2.05, 4.69) is 11.1 Å². The van der Waals surface area contributed by atoms with Crippen LogP contribution >= 0.6 is 0 Å². The number of aromatic amines is 1. The molecule has 2 N–H and O–H groups in total. The Balaban J connectivity index is 2.58. The van der Waals surface area contributed by atoms with Gasteiger partial charge in [0.2, 0.25) is 0 Å². The fourth-order valence-electron chi connectivity index (χ4n) is 1.71. The molecule has 15 heavy (non-hydrogen) atoms. The van der Waals surface area contributed by atoms with E-state index in [0.717, 1.165) is 16.5 Å². The summed E-state index contributed by atoms with van der Waals surface area (Å²) < 4.78 is 0. The van der Waals surface area contributed by atoms with Gasteiger partial charge in [0.15, 0.2) is 0 Å². The van der Waals surface area contributed by atoms with E-state index in [0.29, 0.717) is 12.0 Å². The maximum Gasteiger partial charge on any atom is 0.0992 e. The average Bonchev–Trinajstić information content (AvgIpc) is 2.70. The Morgan fingerprint density at radius 3 is 3.00 bits per heavy atom. The second kappa shape index (κ2) is 3.76. The standard InChI is InChI=1S/C12H12N2O/c1-2-12(15)10-7-14-11-5-8(6-13)3-4-9(10)11/h3-5,7,12,14-15H,2H2,1H3/t12-/m0/s1. The van der Waals surface area contributed by atoms with Crippen LogP contribution in [0.25, 0.3) is 10.9 Å². The predicted molar refractivity (Wildman–Crippen MR) is 58.3 cm³/mol. The van der Waals surface area contributed by atoms with Crippen LogP contribution in [-0.2, 0) is 0 Å². The number of fused-ring (bicyclic) bond motifs is 1. The molecule has 0 aliphatic heterocycles. The van der Waals surface area contributed by atoms with Gasteiger partial charge in [0.05, 0.1) is 17.7 Å². The molecule has 2 aromatic rings.